The summed E-state index contributed by atoms with van der Waals surface area (Å²) in [7, 11) is 0. The fourth-order valence-corrected chi connectivity index (χ4v) is 4.99. The van der Waals surface area contributed by atoms with E-state index in [9.17, 15) is 9.59 Å². The SMILES string of the molecule is CCCn1c2ccccc2c2cnn(CC(=O)NCCN3[C@H](C)CCC[C@@H]3C)c(=O)c21. The number of piperidine rings is 1. The van der Waals surface area contributed by atoms with Gasteiger partial charge >= 0.3 is 0 Å². The maximum Gasteiger partial charge on any atom is 0.291 e. The number of para-hydroxylation sites is 1. The first kappa shape index (κ1) is 21.6. The second kappa shape index (κ2) is 9.22. The molecule has 1 amide bonds. The molecule has 4 rings (SSSR count). The van der Waals surface area contributed by atoms with E-state index in [-0.39, 0.29) is 18.0 Å². The molecule has 1 N–H and O–H groups in total. The number of carbonyl (C=O) groups excluding carboxylic acids is 1. The molecule has 1 aliphatic rings. The molecule has 0 radical (unpaired) electrons. The molecule has 0 spiro atoms. The van der Waals surface area contributed by atoms with Gasteiger partial charge in [0, 0.05) is 48.0 Å². The highest BCUT2D eigenvalue weighted by Crippen LogP contribution is 2.26. The quantitative estimate of drug-likeness (QED) is 0.634. The summed E-state index contributed by atoms with van der Waals surface area (Å²) in [5, 5.41) is 9.16. The molecule has 31 heavy (non-hydrogen) atoms. The average molecular weight is 424 g/mol. The Morgan fingerprint density at radius 3 is 2.61 bits per heavy atom. The summed E-state index contributed by atoms with van der Waals surface area (Å²) in [5.74, 6) is -0.176. The van der Waals surface area contributed by atoms with E-state index < -0.39 is 0 Å². The molecule has 0 saturated carbocycles. The molecular formula is C24H33N5O2. The van der Waals surface area contributed by atoms with E-state index in [2.05, 4.69) is 40.7 Å². The summed E-state index contributed by atoms with van der Waals surface area (Å²) in [6.07, 6.45) is 6.34. The molecule has 3 aromatic rings. The standard InChI is InChI=1S/C24H33N5O2/c1-4-13-28-21-11-6-5-10-19(21)20-15-26-29(24(31)23(20)28)16-22(30)25-12-14-27-17(2)8-7-9-18(27)3/h5-6,10-11,15,17-18H,4,7-9,12-14,16H2,1-3H3,(H,25,30)/t17-,18+. The Balaban J connectivity index is 1.50. The van der Waals surface area contributed by atoms with Crippen molar-refractivity contribution in [2.75, 3.05) is 13.1 Å². The van der Waals surface area contributed by atoms with Crippen molar-refractivity contribution in [1.82, 2.24) is 24.6 Å². The van der Waals surface area contributed by atoms with Crippen LogP contribution in [0.4, 0.5) is 0 Å². The van der Waals surface area contributed by atoms with Crippen LogP contribution in [0, 0.1) is 0 Å². The lowest BCUT2D eigenvalue weighted by molar-refractivity contribution is -0.122. The third kappa shape index (κ3) is 4.24. The van der Waals surface area contributed by atoms with Crippen LogP contribution in [0.2, 0.25) is 0 Å². The van der Waals surface area contributed by atoms with Gasteiger partial charge in [0.05, 0.1) is 6.20 Å². The van der Waals surface area contributed by atoms with Crippen molar-refractivity contribution in [3.05, 3.63) is 40.8 Å². The van der Waals surface area contributed by atoms with Crippen molar-refractivity contribution < 1.29 is 4.79 Å². The maximum atomic E-state index is 13.2. The van der Waals surface area contributed by atoms with E-state index in [1.165, 1.54) is 23.9 Å². The zero-order valence-corrected chi connectivity index (χ0v) is 18.8. The fraction of sp³-hybridized carbons (Fsp3) is 0.542. The monoisotopic (exact) mass is 423 g/mol. The van der Waals surface area contributed by atoms with Crippen molar-refractivity contribution in [2.45, 2.75) is 71.6 Å². The molecule has 2 aromatic heterocycles. The number of nitrogens with zero attached hydrogens (tertiary/aromatic N) is 4. The van der Waals surface area contributed by atoms with Gasteiger partial charge in [-0.05, 0) is 39.2 Å². The van der Waals surface area contributed by atoms with Crippen molar-refractivity contribution >= 4 is 27.7 Å². The maximum absolute atomic E-state index is 13.2. The number of aromatic nitrogens is 3. The van der Waals surface area contributed by atoms with Gasteiger partial charge in [-0.1, -0.05) is 31.5 Å². The van der Waals surface area contributed by atoms with E-state index >= 15 is 0 Å². The van der Waals surface area contributed by atoms with E-state index in [0.717, 1.165) is 35.8 Å². The number of hydrogen-bond donors (Lipinski definition) is 1. The second-order valence-electron chi connectivity index (χ2n) is 8.76. The number of likely N-dealkylation sites (tertiary alicyclic amines) is 1. The fourth-order valence-electron chi connectivity index (χ4n) is 4.99. The van der Waals surface area contributed by atoms with Crippen LogP contribution >= 0.6 is 0 Å². The van der Waals surface area contributed by atoms with E-state index in [1.807, 2.05) is 24.3 Å². The molecule has 7 heteroatoms. The van der Waals surface area contributed by atoms with Gasteiger partial charge in [-0.2, -0.15) is 5.10 Å². The molecular weight excluding hydrogens is 390 g/mol. The Bertz CT molecular complexity index is 1120. The van der Waals surface area contributed by atoms with Gasteiger partial charge in [0.15, 0.2) is 0 Å². The normalized spacial score (nSPS) is 19.8. The third-order valence-electron chi connectivity index (χ3n) is 6.58. The molecule has 1 aromatic carbocycles. The molecule has 0 aliphatic carbocycles. The number of benzene rings is 1. The Morgan fingerprint density at radius 1 is 1.13 bits per heavy atom. The van der Waals surface area contributed by atoms with Crippen LogP contribution in [-0.2, 0) is 17.9 Å². The van der Waals surface area contributed by atoms with Crippen molar-refractivity contribution in [1.29, 1.82) is 0 Å². The minimum Gasteiger partial charge on any atom is -0.353 e. The average Bonchev–Trinajstić information content (AvgIpc) is 3.07. The summed E-state index contributed by atoms with van der Waals surface area (Å²) in [6.45, 7) is 8.71. The highest BCUT2D eigenvalue weighted by molar-refractivity contribution is 6.07. The number of hydrogen-bond acceptors (Lipinski definition) is 4. The first-order chi connectivity index (χ1) is 15.0. The predicted octanol–water partition coefficient (Wildman–Crippen LogP) is 3.14. The van der Waals surface area contributed by atoms with Crippen molar-refractivity contribution in [3.8, 4) is 0 Å². The Labute approximate surface area is 183 Å². The number of rotatable bonds is 7. The number of amides is 1. The number of aryl methyl sites for hydroxylation is 1. The van der Waals surface area contributed by atoms with E-state index in [1.54, 1.807) is 6.20 Å². The second-order valence-corrected chi connectivity index (χ2v) is 8.76. The summed E-state index contributed by atoms with van der Waals surface area (Å²) < 4.78 is 3.34. The van der Waals surface area contributed by atoms with Crippen LogP contribution in [0.15, 0.2) is 35.3 Å². The zero-order chi connectivity index (χ0) is 22.0. The van der Waals surface area contributed by atoms with Gasteiger partial charge in [0.2, 0.25) is 5.91 Å². The molecule has 3 heterocycles. The Morgan fingerprint density at radius 2 is 1.87 bits per heavy atom. The molecule has 1 fully saturated rings. The molecule has 0 bridgehead atoms. The van der Waals surface area contributed by atoms with Gasteiger partial charge in [-0.3, -0.25) is 14.5 Å². The lowest BCUT2D eigenvalue weighted by Gasteiger charge is -2.39. The molecule has 7 nitrogen and oxygen atoms in total. The van der Waals surface area contributed by atoms with Gasteiger partial charge in [-0.25, -0.2) is 4.68 Å². The van der Waals surface area contributed by atoms with Gasteiger partial charge < -0.3 is 9.88 Å². The molecule has 1 saturated heterocycles. The lowest BCUT2D eigenvalue weighted by atomic mass is 9.98. The summed E-state index contributed by atoms with van der Waals surface area (Å²) in [6, 6.07) is 9.10. The Kier molecular flexibility index (Phi) is 6.41. The smallest absolute Gasteiger partial charge is 0.291 e. The molecule has 166 valence electrons. The van der Waals surface area contributed by atoms with E-state index in [0.29, 0.717) is 24.1 Å². The minimum atomic E-state index is -0.212. The highest BCUT2D eigenvalue weighted by atomic mass is 16.2. The van der Waals surface area contributed by atoms with Crippen molar-refractivity contribution in [2.24, 2.45) is 0 Å². The van der Waals surface area contributed by atoms with Crippen LogP contribution in [0.3, 0.4) is 0 Å². The summed E-state index contributed by atoms with van der Waals surface area (Å²) >= 11 is 0. The number of carbonyl (C=O) groups is 1. The van der Waals surface area contributed by atoms with Gasteiger partial charge in [-0.15, -0.1) is 0 Å². The zero-order valence-electron chi connectivity index (χ0n) is 18.8. The molecule has 0 unspecified atom stereocenters. The van der Waals surface area contributed by atoms with Crippen molar-refractivity contribution in [3.63, 3.8) is 0 Å². The molecule has 2 atom stereocenters. The number of fused-ring (bicyclic) bond motifs is 3. The van der Waals surface area contributed by atoms with Crippen LogP contribution in [0.1, 0.15) is 46.5 Å². The predicted molar refractivity (Wildman–Crippen MR) is 124 cm³/mol. The van der Waals surface area contributed by atoms with E-state index in [4.69, 9.17) is 0 Å². The third-order valence-corrected chi connectivity index (χ3v) is 6.58. The lowest BCUT2D eigenvalue weighted by Crippen LogP contribution is -2.47. The molecule has 1 aliphatic heterocycles. The van der Waals surface area contributed by atoms with Crippen LogP contribution in [-0.4, -0.2) is 50.3 Å². The van der Waals surface area contributed by atoms with Crippen LogP contribution in [0.5, 0.6) is 0 Å². The summed E-state index contributed by atoms with van der Waals surface area (Å²) in [4.78, 5) is 28.2. The van der Waals surface area contributed by atoms with Crippen LogP contribution < -0.4 is 10.9 Å². The Hall–Kier alpha value is -2.67. The summed E-state index contributed by atoms with van der Waals surface area (Å²) in [5.41, 5.74) is 1.45. The highest BCUT2D eigenvalue weighted by Gasteiger charge is 2.24. The van der Waals surface area contributed by atoms with Gasteiger partial charge in [0.25, 0.3) is 5.56 Å². The topological polar surface area (TPSA) is 72.2 Å². The number of nitrogens with one attached hydrogen (secondary N) is 1. The minimum absolute atomic E-state index is 0.0620. The van der Waals surface area contributed by atoms with Crippen LogP contribution in [0.25, 0.3) is 21.8 Å². The largest absolute Gasteiger partial charge is 0.353 e. The first-order valence-electron chi connectivity index (χ1n) is 11.5. The first-order valence-corrected chi connectivity index (χ1v) is 11.5. The van der Waals surface area contributed by atoms with Gasteiger partial charge in [0.1, 0.15) is 12.1 Å².